The summed E-state index contributed by atoms with van der Waals surface area (Å²) < 4.78 is 0. The minimum Gasteiger partial charge on any atom is -0.378 e. The molecule has 4 heteroatoms. The fourth-order valence-electron chi connectivity index (χ4n) is 2.47. The van der Waals surface area contributed by atoms with Gasteiger partial charge in [0.25, 0.3) is 5.91 Å². The zero-order valence-corrected chi connectivity index (χ0v) is 12.1. The summed E-state index contributed by atoms with van der Waals surface area (Å²) in [6, 6.07) is 19.1. The summed E-state index contributed by atoms with van der Waals surface area (Å²) >= 11 is 0. The van der Waals surface area contributed by atoms with Crippen LogP contribution >= 0.6 is 0 Å². The molecule has 22 heavy (non-hydrogen) atoms. The van der Waals surface area contributed by atoms with Gasteiger partial charge in [-0.1, -0.05) is 48.5 Å². The lowest BCUT2D eigenvalue weighted by atomic mass is 10.1. The highest BCUT2D eigenvalue weighted by Crippen LogP contribution is 2.15. The summed E-state index contributed by atoms with van der Waals surface area (Å²) in [4.78, 5) is 15.3. The van der Waals surface area contributed by atoms with Gasteiger partial charge in [0, 0.05) is 24.2 Å². The van der Waals surface area contributed by atoms with Crippen LogP contribution in [0.4, 0.5) is 0 Å². The van der Waals surface area contributed by atoms with Crippen molar-refractivity contribution in [2.45, 2.75) is 12.5 Å². The molecule has 1 aromatic heterocycles. The number of benzene rings is 2. The van der Waals surface area contributed by atoms with Gasteiger partial charge in [-0.25, -0.2) is 0 Å². The summed E-state index contributed by atoms with van der Waals surface area (Å²) in [6.45, 7) is 0.482. The summed E-state index contributed by atoms with van der Waals surface area (Å²) in [6.07, 6.45) is -0.425. The summed E-state index contributed by atoms with van der Waals surface area (Å²) in [5.41, 5.74) is 2.76. The maximum Gasteiger partial charge on any atom is 0.253 e. The number of carbonyl (C=O) groups is 1. The van der Waals surface area contributed by atoms with Crippen molar-refractivity contribution in [3.8, 4) is 0 Å². The fraction of sp³-hybridized carbons (Fsp3) is 0.167. The van der Waals surface area contributed by atoms with E-state index in [0.717, 1.165) is 16.6 Å². The number of amides is 1. The Morgan fingerprint density at radius 3 is 2.59 bits per heavy atom. The number of carbonyl (C=O) groups excluding carboxylic acids is 1. The molecule has 0 aliphatic heterocycles. The number of rotatable bonds is 5. The minimum absolute atomic E-state index is 0.373. The van der Waals surface area contributed by atoms with Crippen LogP contribution in [-0.4, -0.2) is 22.5 Å². The number of para-hydroxylation sites is 1. The highest BCUT2D eigenvalue weighted by atomic mass is 16.3. The van der Waals surface area contributed by atoms with Gasteiger partial charge in [-0.3, -0.25) is 4.79 Å². The van der Waals surface area contributed by atoms with Gasteiger partial charge in [-0.15, -0.1) is 0 Å². The van der Waals surface area contributed by atoms with E-state index in [2.05, 4.69) is 16.4 Å². The lowest BCUT2D eigenvalue weighted by molar-refractivity contribution is -0.129. The first-order chi connectivity index (χ1) is 10.7. The van der Waals surface area contributed by atoms with Crippen molar-refractivity contribution in [3.05, 3.63) is 71.9 Å². The van der Waals surface area contributed by atoms with Crippen molar-refractivity contribution in [2.24, 2.45) is 0 Å². The quantitative estimate of drug-likeness (QED) is 0.677. The number of H-pyrrole nitrogens is 1. The van der Waals surface area contributed by atoms with Crippen LogP contribution in [0.25, 0.3) is 10.9 Å². The molecule has 0 saturated carbocycles. The molecule has 0 radical (unpaired) electrons. The number of aromatic amines is 1. The topological polar surface area (TPSA) is 65.1 Å². The Bertz CT molecular complexity index is 732. The Balaban J connectivity index is 1.55. The van der Waals surface area contributed by atoms with E-state index >= 15 is 0 Å². The second-order valence-electron chi connectivity index (χ2n) is 5.24. The van der Waals surface area contributed by atoms with Gasteiger partial charge < -0.3 is 15.4 Å². The Morgan fingerprint density at radius 2 is 1.82 bits per heavy atom. The number of hydrogen-bond acceptors (Lipinski definition) is 2. The van der Waals surface area contributed by atoms with Gasteiger partial charge in [0.1, 0.15) is 0 Å². The van der Waals surface area contributed by atoms with Gasteiger partial charge in [-0.05, 0) is 23.1 Å². The molecular formula is C18H18N2O2. The zero-order chi connectivity index (χ0) is 15.4. The molecule has 0 aliphatic carbocycles. The second-order valence-corrected chi connectivity index (χ2v) is 5.24. The van der Waals surface area contributed by atoms with Crippen LogP contribution in [0.2, 0.25) is 0 Å². The standard InChI is InChI=1S/C18H18N2O2/c21-17(13-6-2-1-3-7-13)18(22)19-11-10-15-12-14-8-4-5-9-16(14)20-15/h1-9,12,17,20-21H,10-11H2,(H,19,22). The third-order valence-corrected chi connectivity index (χ3v) is 3.64. The molecule has 3 N–H and O–H groups in total. The van der Waals surface area contributed by atoms with Crippen molar-refractivity contribution < 1.29 is 9.90 Å². The van der Waals surface area contributed by atoms with Gasteiger partial charge in [0.2, 0.25) is 0 Å². The third-order valence-electron chi connectivity index (χ3n) is 3.64. The van der Waals surface area contributed by atoms with Crippen molar-refractivity contribution >= 4 is 16.8 Å². The van der Waals surface area contributed by atoms with Gasteiger partial charge in [-0.2, -0.15) is 0 Å². The van der Waals surface area contributed by atoms with E-state index in [1.807, 2.05) is 30.3 Å². The van der Waals surface area contributed by atoms with E-state index in [9.17, 15) is 9.90 Å². The van der Waals surface area contributed by atoms with Crippen LogP contribution in [0, 0.1) is 0 Å². The molecule has 0 aliphatic rings. The third kappa shape index (κ3) is 3.18. The van der Waals surface area contributed by atoms with Gasteiger partial charge >= 0.3 is 0 Å². The predicted molar refractivity (Wildman–Crippen MR) is 86.4 cm³/mol. The van der Waals surface area contributed by atoms with E-state index in [-0.39, 0.29) is 5.91 Å². The first-order valence-corrected chi connectivity index (χ1v) is 7.31. The van der Waals surface area contributed by atoms with Crippen LogP contribution in [0.15, 0.2) is 60.7 Å². The molecule has 1 atom stereocenters. The van der Waals surface area contributed by atoms with Crippen molar-refractivity contribution in [3.63, 3.8) is 0 Å². The van der Waals surface area contributed by atoms with Crippen LogP contribution in [0.5, 0.6) is 0 Å². The van der Waals surface area contributed by atoms with E-state index in [4.69, 9.17) is 0 Å². The predicted octanol–water partition coefficient (Wildman–Crippen LogP) is 2.56. The molecule has 0 spiro atoms. The Labute approximate surface area is 128 Å². The molecule has 1 unspecified atom stereocenters. The molecular weight excluding hydrogens is 276 g/mol. The number of hydrogen-bond donors (Lipinski definition) is 3. The van der Waals surface area contributed by atoms with E-state index in [1.54, 1.807) is 24.3 Å². The van der Waals surface area contributed by atoms with Crippen LogP contribution < -0.4 is 5.32 Å². The van der Waals surface area contributed by atoms with Gasteiger partial charge in [0.15, 0.2) is 6.10 Å². The number of aliphatic hydroxyl groups is 1. The fourth-order valence-corrected chi connectivity index (χ4v) is 2.47. The van der Waals surface area contributed by atoms with Crippen LogP contribution in [-0.2, 0) is 11.2 Å². The molecule has 3 rings (SSSR count). The SMILES string of the molecule is O=C(NCCc1cc2ccccc2[nH]1)C(O)c1ccccc1. The molecule has 112 valence electrons. The van der Waals surface area contributed by atoms with Crippen LogP contribution in [0.1, 0.15) is 17.4 Å². The number of aliphatic hydroxyl groups excluding tert-OH is 1. The lowest BCUT2D eigenvalue weighted by Crippen LogP contribution is -2.31. The molecule has 0 saturated heterocycles. The van der Waals surface area contributed by atoms with E-state index in [1.165, 1.54) is 0 Å². The first kappa shape index (κ1) is 14.4. The largest absolute Gasteiger partial charge is 0.378 e. The lowest BCUT2D eigenvalue weighted by Gasteiger charge is -2.11. The molecule has 4 nitrogen and oxygen atoms in total. The van der Waals surface area contributed by atoms with Crippen molar-refractivity contribution in [1.29, 1.82) is 0 Å². The zero-order valence-electron chi connectivity index (χ0n) is 12.1. The average molecular weight is 294 g/mol. The minimum atomic E-state index is -1.12. The van der Waals surface area contributed by atoms with E-state index in [0.29, 0.717) is 18.5 Å². The highest BCUT2D eigenvalue weighted by molar-refractivity contribution is 5.82. The number of aromatic nitrogens is 1. The molecule has 0 fully saturated rings. The second kappa shape index (κ2) is 6.45. The molecule has 0 bridgehead atoms. The molecule has 3 aromatic rings. The van der Waals surface area contributed by atoms with Crippen molar-refractivity contribution in [2.75, 3.05) is 6.54 Å². The molecule has 1 heterocycles. The maximum absolute atomic E-state index is 11.9. The summed E-state index contributed by atoms with van der Waals surface area (Å²) in [7, 11) is 0. The smallest absolute Gasteiger partial charge is 0.253 e. The van der Waals surface area contributed by atoms with Crippen LogP contribution in [0.3, 0.4) is 0 Å². The van der Waals surface area contributed by atoms with Crippen molar-refractivity contribution in [1.82, 2.24) is 10.3 Å². The highest BCUT2D eigenvalue weighted by Gasteiger charge is 2.16. The summed E-state index contributed by atoms with van der Waals surface area (Å²) in [5.74, 6) is -0.373. The number of nitrogens with one attached hydrogen (secondary N) is 2. The van der Waals surface area contributed by atoms with Gasteiger partial charge in [0.05, 0.1) is 0 Å². The number of fused-ring (bicyclic) bond motifs is 1. The summed E-state index contributed by atoms with van der Waals surface area (Å²) in [5, 5.41) is 13.9. The Morgan fingerprint density at radius 1 is 1.09 bits per heavy atom. The Kier molecular flexibility index (Phi) is 4.21. The normalized spacial score (nSPS) is 12.2. The van der Waals surface area contributed by atoms with E-state index < -0.39 is 6.10 Å². The first-order valence-electron chi connectivity index (χ1n) is 7.31. The molecule has 2 aromatic carbocycles. The average Bonchev–Trinajstić information content (AvgIpc) is 2.97. The molecule has 1 amide bonds. The monoisotopic (exact) mass is 294 g/mol. The maximum atomic E-state index is 11.9. The Hall–Kier alpha value is -2.59.